The lowest BCUT2D eigenvalue weighted by molar-refractivity contribution is 0.0557. The first-order valence-electron chi connectivity index (χ1n) is 7.34. The molecule has 0 spiro atoms. The zero-order valence-electron chi connectivity index (χ0n) is 12.2. The summed E-state index contributed by atoms with van der Waals surface area (Å²) in [5.74, 6) is 0.180. The highest BCUT2D eigenvalue weighted by molar-refractivity contribution is 5.96. The maximum absolute atomic E-state index is 13.4. The maximum Gasteiger partial charge on any atom is 0.254 e. The molecule has 2 N–H and O–H groups in total. The summed E-state index contributed by atoms with van der Waals surface area (Å²) in [5.41, 5.74) is 7.09. The monoisotopic (exact) mass is 278 g/mol. The molecule has 1 aromatic rings. The van der Waals surface area contributed by atoms with Crippen LogP contribution >= 0.6 is 0 Å². The average molecular weight is 278 g/mol. The van der Waals surface area contributed by atoms with Crippen molar-refractivity contribution < 1.29 is 9.18 Å². The molecule has 3 nitrogen and oxygen atoms in total. The molecule has 2 rings (SSSR count). The molecule has 2 unspecified atom stereocenters. The van der Waals surface area contributed by atoms with Gasteiger partial charge in [-0.25, -0.2) is 4.39 Å². The van der Waals surface area contributed by atoms with E-state index >= 15 is 0 Å². The second kappa shape index (κ2) is 6.35. The largest absolute Gasteiger partial charge is 0.334 e. The standard InChI is InChI=1S/C16H23FN2O/c1-3-12-6-7-19(14(8-12)10-18)16(20)15-9-13(17)5-4-11(15)2/h4-5,9,12,14H,3,6-8,10,18H2,1-2H3. The van der Waals surface area contributed by atoms with Crippen LogP contribution in [0.25, 0.3) is 0 Å². The Balaban J connectivity index is 2.21. The molecule has 1 aromatic carbocycles. The van der Waals surface area contributed by atoms with Crippen LogP contribution in [-0.4, -0.2) is 29.9 Å². The van der Waals surface area contributed by atoms with Crippen molar-refractivity contribution in [3.8, 4) is 0 Å². The number of piperidine rings is 1. The summed E-state index contributed by atoms with van der Waals surface area (Å²) in [6.45, 7) is 5.20. The van der Waals surface area contributed by atoms with E-state index in [2.05, 4.69) is 6.92 Å². The first kappa shape index (κ1) is 15.0. The van der Waals surface area contributed by atoms with Gasteiger partial charge in [-0.1, -0.05) is 19.4 Å². The van der Waals surface area contributed by atoms with Gasteiger partial charge in [0.2, 0.25) is 0 Å². The predicted octanol–water partition coefficient (Wildman–Crippen LogP) is 2.72. The van der Waals surface area contributed by atoms with Crippen molar-refractivity contribution in [2.75, 3.05) is 13.1 Å². The number of benzene rings is 1. The minimum Gasteiger partial charge on any atom is -0.334 e. The number of rotatable bonds is 3. The first-order valence-corrected chi connectivity index (χ1v) is 7.34. The summed E-state index contributed by atoms with van der Waals surface area (Å²) in [6, 6.07) is 4.44. The predicted molar refractivity (Wildman–Crippen MR) is 78.0 cm³/mol. The van der Waals surface area contributed by atoms with Crippen LogP contribution in [0.5, 0.6) is 0 Å². The number of nitrogens with two attached hydrogens (primary N) is 1. The van der Waals surface area contributed by atoms with Crippen molar-refractivity contribution >= 4 is 5.91 Å². The van der Waals surface area contributed by atoms with E-state index in [-0.39, 0.29) is 17.8 Å². The first-order chi connectivity index (χ1) is 9.56. The second-order valence-electron chi connectivity index (χ2n) is 5.65. The van der Waals surface area contributed by atoms with Gasteiger partial charge in [0.25, 0.3) is 5.91 Å². The summed E-state index contributed by atoms with van der Waals surface area (Å²) in [4.78, 5) is 14.5. The number of halogens is 1. The fourth-order valence-corrected chi connectivity index (χ4v) is 2.98. The number of likely N-dealkylation sites (tertiary alicyclic amines) is 1. The quantitative estimate of drug-likeness (QED) is 0.924. The Morgan fingerprint density at radius 1 is 1.50 bits per heavy atom. The maximum atomic E-state index is 13.4. The molecule has 0 bridgehead atoms. The number of amides is 1. The van der Waals surface area contributed by atoms with Crippen molar-refractivity contribution in [3.63, 3.8) is 0 Å². The third kappa shape index (κ3) is 3.01. The fourth-order valence-electron chi connectivity index (χ4n) is 2.98. The van der Waals surface area contributed by atoms with E-state index in [1.165, 1.54) is 12.1 Å². The number of carbonyl (C=O) groups is 1. The van der Waals surface area contributed by atoms with Gasteiger partial charge in [0.15, 0.2) is 0 Å². The Labute approximate surface area is 120 Å². The Bertz CT molecular complexity index is 489. The summed E-state index contributed by atoms with van der Waals surface area (Å²) >= 11 is 0. The van der Waals surface area contributed by atoms with Gasteiger partial charge >= 0.3 is 0 Å². The van der Waals surface area contributed by atoms with Gasteiger partial charge in [-0.15, -0.1) is 0 Å². The lowest BCUT2D eigenvalue weighted by atomic mass is 9.88. The van der Waals surface area contributed by atoms with Gasteiger partial charge in [0.05, 0.1) is 0 Å². The summed E-state index contributed by atoms with van der Waals surface area (Å²) in [6.07, 6.45) is 3.08. The van der Waals surface area contributed by atoms with Crippen LogP contribution in [0.15, 0.2) is 18.2 Å². The number of hydrogen-bond donors (Lipinski definition) is 1. The average Bonchev–Trinajstić information content (AvgIpc) is 2.48. The van der Waals surface area contributed by atoms with Gasteiger partial charge in [-0.2, -0.15) is 0 Å². The second-order valence-corrected chi connectivity index (χ2v) is 5.65. The van der Waals surface area contributed by atoms with E-state index in [1.807, 2.05) is 11.8 Å². The SMILES string of the molecule is CCC1CCN(C(=O)c2cc(F)ccc2C)C(CN)C1. The smallest absolute Gasteiger partial charge is 0.254 e. The van der Waals surface area contributed by atoms with Gasteiger partial charge in [-0.3, -0.25) is 4.79 Å². The molecule has 1 amide bonds. The van der Waals surface area contributed by atoms with E-state index < -0.39 is 0 Å². The molecule has 110 valence electrons. The lowest BCUT2D eigenvalue weighted by Crippen LogP contribution is -2.49. The fraction of sp³-hybridized carbons (Fsp3) is 0.562. The van der Waals surface area contributed by atoms with E-state index in [4.69, 9.17) is 5.73 Å². The third-order valence-corrected chi connectivity index (χ3v) is 4.36. The summed E-state index contributed by atoms with van der Waals surface area (Å²) < 4.78 is 13.4. The van der Waals surface area contributed by atoms with E-state index in [1.54, 1.807) is 6.07 Å². The molecule has 1 fully saturated rings. The Hall–Kier alpha value is -1.42. The molecule has 2 atom stereocenters. The van der Waals surface area contributed by atoms with Crippen LogP contribution in [0.4, 0.5) is 4.39 Å². The van der Waals surface area contributed by atoms with Crippen molar-refractivity contribution in [2.24, 2.45) is 11.7 Å². The minimum absolute atomic E-state index is 0.0730. The van der Waals surface area contributed by atoms with Crippen LogP contribution in [-0.2, 0) is 0 Å². The van der Waals surface area contributed by atoms with Crippen molar-refractivity contribution in [2.45, 2.75) is 39.2 Å². The van der Waals surface area contributed by atoms with Crippen LogP contribution in [0.1, 0.15) is 42.1 Å². The van der Waals surface area contributed by atoms with Crippen LogP contribution in [0.3, 0.4) is 0 Å². The number of aryl methyl sites for hydroxylation is 1. The normalized spacial score (nSPS) is 22.9. The number of nitrogens with zero attached hydrogens (tertiary/aromatic N) is 1. The molecule has 1 aliphatic heterocycles. The molecule has 1 aliphatic rings. The summed E-state index contributed by atoms with van der Waals surface area (Å²) in [5, 5.41) is 0. The topological polar surface area (TPSA) is 46.3 Å². The van der Waals surface area contributed by atoms with Gasteiger partial charge < -0.3 is 10.6 Å². The minimum atomic E-state index is -0.369. The van der Waals surface area contributed by atoms with Crippen LogP contribution < -0.4 is 5.73 Å². The Morgan fingerprint density at radius 2 is 2.25 bits per heavy atom. The van der Waals surface area contributed by atoms with Crippen molar-refractivity contribution in [3.05, 3.63) is 35.1 Å². The van der Waals surface area contributed by atoms with Crippen LogP contribution in [0, 0.1) is 18.7 Å². The van der Waals surface area contributed by atoms with Crippen molar-refractivity contribution in [1.29, 1.82) is 0 Å². The van der Waals surface area contributed by atoms with Gasteiger partial charge in [-0.05, 0) is 43.4 Å². The molecular weight excluding hydrogens is 255 g/mol. The van der Waals surface area contributed by atoms with E-state index in [9.17, 15) is 9.18 Å². The van der Waals surface area contributed by atoms with E-state index in [0.29, 0.717) is 18.0 Å². The molecule has 0 radical (unpaired) electrons. The molecule has 0 aliphatic carbocycles. The highest BCUT2D eigenvalue weighted by Gasteiger charge is 2.31. The lowest BCUT2D eigenvalue weighted by Gasteiger charge is -2.39. The molecule has 1 heterocycles. The van der Waals surface area contributed by atoms with Crippen LogP contribution in [0.2, 0.25) is 0 Å². The Morgan fingerprint density at radius 3 is 2.90 bits per heavy atom. The molecule has 4 heteroatoms. The highest BCUT2D eigenvalue weighted by Crippen LogP contribution is 2.27. The van der Waals surface area contributed by atoms with E-state index in [0.717, 1.165) is 31.4 Å². The highest BCUT2D eigenvalue weighted by atomic mass is 19.1. The van der Waals surface area contributed by atoms with Crippen molar-refractivity contribution in [1.82, 2.24) is 4.90 Å². The van der Waals surface area contributed by atoms with Gasteiger partial charge in [0, 0.05) is 24.7 Å². The number of carbonyl (C=O) groups excluding carboxylic acids is 1. The third-order valence-electron chi connectivity index (χ3n) is 4.36. The van der Waals surface area contributed by atoms with Gasteiger partial charge in [0.1, 0.15) is 5.82 Å². The molecule has 1 saturated heterocycles. The summed E-state index contributed by atoms with van der Waals surface area (Å²) in [7, 11) is 0. The molecule has 20 heavy (non-hydrogen) atoms. The molecular formula is C16H23FN2O. The molecule has 0 saturated carbocycles. The zero-order valence-corrected chi connectivity index (χ0v) is 12.2. The molecule has 0 aromatic heterocycles. The number of hydrogen-bond acceptors (Lipinski definition) is 2. The zero-order chi connectivity index (χ0) is 14.7. The Kier molecular flexibility index (Phi) is 4.76.